The minimum absolute atomic E-state index is 0.000766. The number of aliphatic hydroxyl groups excluding tert-OH is 2. The molecule has 234 valence electrons. The molecule has 0 unspecified atom stereocenters. The number of nitrogens with one attached hydrogen (secondary N) is 2. The quantitative estimate of drug-likeness (QED) is 0.147. The van der Waals surface area contributed by atoms with Crippen LogP contribution in [-0.4, -0.2) is 62.2 Å². The Hall–Kier alpha value is -4.32. The summed E-state index contributed by atoms with van der Waals surface area (Å²) in [4.78, 5) is 19.3. The van der Waals surface area contributed by atoms with E-state index in [9.17, 15) is 19.4 Å². The highest BCUT2D eigenvalue weighted by molar-refractivity contribution is 5.99. The van der Waals surface area contributed by atoms with Crippen molar-refractivity contribution in [3.8, 4) is 17.2 Å². The molecule has 4 aromatic rings. The number of carbonyl (C=O) groups excluding carboxylic acids is 1. The second-order valence-corrected chi connectivity index (χ2v) is 11.6. The van der Waals surface area contributed by atoms with E-state index < -0.39 is 11.8 Å². The van der Waals surface area contributed by atoms with Gasteiger partial charge >= 0.3 is 6.03 Å². The lowest BCUT2D eigenvalue weighted by Gasteiger charge is -2.22. The third kappa shape index (κ3) is 9.09. The van der Waals surface area contributed by atoms with Crippen molar-refractivity contribution < 1.29 is 24.1 Å². The lowest BCUT2D eigenvalue weighted by molar-refractivity contribution is 0.196. The minimum Gasteiger partial charge on any atom is -0.457 e. The average Bonchev–Trinajstić information content (AvgIpc) is 3.40. The summed E-state index contributed by atoms with van der Waals surface area (Å²) in [6, 6.07) is 16.7. The van der Waals surface area contributed by atoms with Crippen LogP contribution in [0.5, 0.6) is 11.5 Å². The molecular weight excluding hydrogens is 563 g/mol. The van der Waals surface area contributed by atoms with E-state index in [1.54, 1.807) is 29.1 Å². The van der Waals surface area contributed by atoms with Gasteiger partial charge in [0.15, 0.2) is 0 Å². The molecular formula is C33H41FN6O4. The fraction of sp³-hybridized carbons (Fsp3) is 0.364. The zero-order valence-corrected chi connectivity index (χ0v) is 25.7. The summed E-state index contributed by atoms with van der Waals surface area (Å²) in [5.74, 6) is 0.614. The van der Waals surface area contributed by atoms with Crippen LogP contribution in [0.2, 0.25) is 0 Å². The minimum atomic E-state index is -0.644. The number of anilines is 2. The number of pyridine rings is 1. The van der Waals surface area contributed by atoms with E-state index >= 15 is 0 Å². The second kappa shape index (κ2) is 14.9. The predicted molar refractivity (Wildman–Crippen MR) is 169 cm³/mol. The van der Waals surface area contributed by atoms with Gasteiger partial charge in [0.25, 0.3) is 0 Å². The molecule has 0 bridgehead atoms. The van der Waals surface area contributed by atoms with Crippen LogP contribution >= 0.6 is 0 Å². The predicted octanol–water partition coefficient (Wildman–Crippen LogP) is 6.02. The molecule has 4 rings (SSSR count). The summed E-state index contributed by atoms with van der Waals surface area (Å²) >= 11 is 0. The van der Waals surface area contributed by atoms with Crippen LogP contribution in [0.3, 0.4) is 0 Å². The Morgan fingerprint density at radius 2 is 1.64 bits per heavy atom. The summed E-state index contributed by atoms with van der Waals surface area (Å²) < 4.78 is 22.3. The molecule has 11 heteroatoms. The van der Waals surface area contributed by atoms with Crippen molar-refractivity contribution in [2.75, 3.05) is 36.9 Å². The molecule has 0 fully saturated rings. The second-order valence-electron chi connectivity index (χ2n) is 11.6. The van der Waals surface area contributed by atoms with Gasteiger partial charge in [-0.25, -0.2) is 13.9 Å². The zero-order chi connectivity index (χ0) is 31.7. The number of urea groups is 1. The van der Waals surface area contributed by atoms with Gasteiger partial charge in [-0.05, 0) is 55.7 Å². The topological polar surface area (TPSA) is 125 Å². The molecule has 2 aromatic carbocycles. The Morgan fingerprint density at radius 1 is 0.955 bits per heavy atom. The molecule has 0 aliphatic carbocycles. The molecule has 2 heterocycles. The van der Waals surface area contributed by atoms with Crippen LogP contribution in [0, 0.1) is 12.7 Å². The van der Waals surface area contributed by atoms with Gasteiger partial charge in [0, 0.05) is 68.4 Å². The number of rotatable bonds is 13. The normalized spacial score (nSPS) is 11.5. The fourth-order valence-electron chi connectivity index (χ4n) is 4.54. The van der Waals surface area contributed by atoms with Crippen molar-refractivity contribution in [2.24, 2.45) is 0 Å². The Labute approximate surface area is 257 Å². The van der Waals surface area contributed by atoms with E-state index in [2.05, 4.69) is 20.5 Å². The zero-order valence-electron chi connectivity index (χ0n) is 25.7. The Kier molecular flexibility index (Phi) is 11.0. The number of nitrogens with zero attached hydrogens (tertiary/aromatic N) is 4. The number of benzene rings is 2. The highest BCUT2D eigenvalue weighted by atomic mass is 19.1. The molecule has 10 nitrogen and oxygen atoms in total. The lowest BCUT2D eigenvalue weighted by Crippen LogP contribution is -2.26. The number of hydrogen-bond acceptors (Lipinski definition) is 7. The first kappa shape index (κ1) is 32.6. The van der Waals surface area contributed by atoms with E-state index in [4.69, 9.17) is 9.84 Å². The Morgan fingerprint density at radius 3 is 2.25 bits per heavy atom. The van der Waals surface area contributed by atoms with Gasteiger partial charge in [-0.3, -0.25) is 15.2 Å². The number of amides is 2. The number of hydrogen-bond donors (Lipinski definition) is 4. The van der Waals surface area contributed by atoms with Crippen LogP contribution in [0.1, 0.15) is 50.6 Å². The van der Waals surface area contributed by atoms with Crippen molar-refractivity contribution in [1.82, 2.24) is 19.7 Å². The van der Waals surface area contributed by atoms with E-state index in [0.717, 1.165) is 35.7 Å². The van der Waals surface area contributed by atoms with Crippen LogP contribution in [-0.2, 0) is 12.0 Å². The van der Waals surface area contributed by atoms with E-state index in [1.165, 1.54) is 12.1 Å². The molecule has 0 aliphatic rings. The highest BCUT2D eigenvalue weighted by Gasteiger charge is 2.22. The number of halogens is 1. The molecule has 4 N–H and O–H groups in total. The van der Waals surface area contributed by atoms with Gasteiger partial charge in [-0.15, -0.1) is 0 Å². The monoisotopic (exact) mass is 604 g/mol. The van der Waals surface area contributed by atoms with Gasteiger partial charge < -0.3 is 20.3 Å². The lowest BCUT2D eigenvalue weighted by atomic mass is 9.92. The van der Waals surface area contributed by atoms with Crippen LogP contribution < -0.4 is 15.4 Å². The highest BCUT2D eigenvalue weighted by Crippen LogP contribution is 2.28. The van der Waals surface area contributed by atoms with Gasteiger partial charge in [0.1, 0.15) is 23.1 Å². The fourth-order valence-corrected chi connectivity index (χ4v) is 4.54. The van der Waals surface area contributed by atoms with Crippen LogP contribution in [0.25, 0.3) is 5.69 Å². The first-order valence-electron chi connectivity index (χ1n) is 14.7. The summed E-state index contributed by atoms with van der Waals surface area (Å²) in [6.07, 6.45) is 2.94. The van der Waals surface area contributed by atoms with Crippen LogP contribution in [0.15, 0.2) is 66.9 Å². The summed E-state index contributed by atoms with van der Waals surface area (Å²) in [7, 11) is 0. The van der Waals surface area contributed by atoms with Gasteiger partial charge in [-0.2, -0.15) is 5.10 Å². The molecule has 2 amide bonds. The first-order valence-corrected chi connectivity index (χ1v) is 14.7. The summed E-state index contributed by atoms with van der Waals surface area (Å²) in [5.41, 5.74) is 3.08. The van der Waals surface area contributed by atoms with Crippen molar-refractivity contribution in [2.45, 2.75) is 52.5 Å². The standard InChI is InChI=1S/C33H41FN6O4/c1-23-19-27(13-14-35-23)44-26-11-12-29(28(34)20-26)36-32(43)37-31-21-30(33(2,3)4)38-40(31)25-9-7-24(8-10-25)22-39(15-5-17-41)16-6-18-42/h7-14,19-21,41-42H,5-6,15-18,22H2,1-4H3,(H2,36,37,43). The molecule has 0 aliphatic heterocycles. The molecule has 0 radical (unpaired) electrons. The molecule has 0 saturated carbocycles. The van der Waals surface area contributed by atoms with E-state index in [1.807, 2.05) is 58.0 Å². The molecule has 0 spiro atoms. The maximum atomic E-state index is 14.9. The van der Waals surface area contributed by atoms with E-state index in [0.29, 0.717) is 36.7 Å². The number of carbonyl (C=O) groups is 1. The number of aryl methyl sites for hydroxylation is 1. The first-order chi connectivity index (χ1) is 21.0. The number of ether oxygens (including phenoxy) is 1. The van der Waals surface area contributed by atoms with Crippen molar-refractivity contribution >= 4 is 17.5 Å². The Bertz CT molecular complexity index is 1530. The maximum Gasteiger partial charge on any atom is 0.324 e. The third-order valence-electron chi connectivity index (χ3n) is 6.86. The average molecular weight is 605 g/mol. The van der Waals surface area contributed by atoms with Gasteiger partial charge in [-0.1, -0.05) is 32.9 Å². The van der Waals surface area contributed by atoms with Crippen molar-refractivity contribution in [1.29, 1.82) is 0 Å². The third-order valence-corrected chi connectivity index (χ3v) is 6.86. The van der Waals surface area contributed by atoms with Crippen molar-refractivity contribution in [3.63, 3.8) is 0 Å². The van der Waals surface area contributed by atoms with Crippen LogP contribution in [0.4, 0.5) is 20.7 Å². The molecule has 44 heavy (non-hydrogen) atoms. The van der Waals surface area contributed by atoms with E-state index in [-0.39, 0.29) is 24.3 Å². The number of aromatic nitrogens is 3. The Balaban J connectivity index is 1.48. The summed E-state index contributed by atoms with van der Waals surface area (Å²) in [6.45, 7) is 10.3. The summed E-state index contributed by atoms with van der Waals surface area (Å²) in [5, 5.41) is 28.6. The largest absolute Gasteiger partial charge is 0.457 e. The maximum absolute atomic E-state index is 14.9. The molecule has 0 saturated heterocycles. The molecule has 0 atom stereocenters. The molecule has 2 aromatic heterocycles. The number of aliphatic hydroxyl groups is 2. The smallest absolute Gasteiger partial charge is 0.324 e. The van der Waals surface area contributed by atoms with Gasteiger partial charge in [0.05, 0.1) is 17.1 Å². The SMILES string of the molecule is Cc1cc(Oc2ccc(NC(=O)Nc3cc(C(C)(C)C)nn3-c3ccc(CN(CCCO)CCCO)cc3)c(F)c2)ccn1. The van der Waals surface area contributed by atoms with Gasteiger partial charge in [0.2, 0.25) is 0 Å². The van der Waals surface area contributed by atoms with Crippen molar-refractivity contribution in [3.05, 3.63) is 89.6 Å².